The standard InChI is InChI=1S/C21H16O3/c22-16-9-5-14(6-10-16)21(15-7-11-17(23)12-8-15)13-20(24)18-3-1-2-4-19(18)21/h1-12,22-23H,13H2. The minimum Gasteiger partial charge on any atom is -0.508 e. The van der Waals surface area contributed by atoms with Crippen molar-refractivity contribution in [1.29, 1.82) is 0 Å². The van der Waals surface area contributed by atoms with Gasteiger partial charge < -0.3 is 10.2 Å². The second-order valence-corrected chi connectivity index (χ2v) is 6.14. The molecule has 0 fully saturated rings. The van der Waals surface area contributed by atoms with E-state index in [1.807, 2.05) is 48.5 Å². The molecule has 0 saturated carbocycles. The average molecular weight is 316 g/mol. The van der Waals surface area contributed by atoms with E-state index in [0.29, 0.717) is 6.42 Å². The molecule has 0 bridgehead atoms. The molecule has 0 aromatic heterocycles. The molecule has 0 radical (unpaired) electrons. The average Bonchev–Trinajstić information content (AvgIpc) is 2.91. The summed E-state index contributed by atoms with van der Waals surface area (Å²) in [6.07, 6.45) is 0.335. The van der Waals surface area contributed by atoms with Crippen molar-refractivity contribution in [3.8, 4) is 11.5 Å². The van der Waals surface area contributed by atoms with Crippen LogP contribution in [0.1, 0.15) is 33.5 Å². The third-order valence-electron chi connectivity index (χ3n) is 4.83. The molecule has 3 nitrogen and oxygen atoms in total. The molecule has 3 aromatic rings. The Labute approximate surface area is 139 Å². The molecular weight excluding hydrogens is 300 g/mol. The molecule has 0 spiro atoms. The zero-order valence-electron chi connectivity index (χ0n) is 12.9. The number of hydrogen-bond donors (Lipinski definition) is 2. The molecule has 1 aliphatic rings. The Bertz CT molecular complexity index is 863. The number of rotatable bonds is 2. The Morgan fingerprint density at radius 2 is 1.21 bits per heavy atom. The van der Waals surface area contributed by atoms with Crippen molar-refractivity contribution in [2.75, 3.05) is 0 Å². The van der Waals surface area contributed by atoms with Gasteiger partial charge in [-0.1, -0.05) is 48.5 Å². The van der Waals surface area contributed by atoms with Crippen molar-refractivity contribution in [1.82, 2.24) is 0 Å². The summed E-state index contributed by atoms with van der Waals surface area (Å²) in [5.74, 6) is 0.487. The van der Waals surface area contributed by atoms with E-state index in [1.54, 1.807) is 24.3 Å². The van der Waals surface area contributed by atoms with Crippen LogP contribution < -0.4 is 0 Å². The summed E-state index contributed by atoms with van der Waals surface area (Å²) in [5, 5.41) is 19.3. The first-order valence-electron chi connectivity index (χ1n) is 7.83. The smallest absolute Gasteiger partial charge is 0.164 e. The van der Waals surface area contributed by atoms with Gasteiger partial charge in [0, 0.05) is 12.0 Å². The van der Waals surface area contributed by atoms with Gasteiger partial charge in [-0.25, -0.2) is 0 Å². The van der Waals surface area contributed by atoms with Gasteiger partial charge in [0.15, 0.2) is 5.78 Å². The zero-order valence-corrected chi connectivity index (χ0v) is 12.9. The van der Waals surface area contributed by atoms with E-state index >= 15 is 0 Å². The minimum absolute atomic E-state index is 0.103. The van der Waals surface area contributed by atoms with Crippen LogP contribution >= 0.6 is 0 Å². The molecule has 24 heavy (non-hydrogen) atoms. The monoisotopic (exact) mass is 316 g/mol. The Balaban J connectivity index is 2.03. The van der Waals surface area contributed by atoms with Gasteiger partial charge in [-0.15, -0.1) is 0 Å². The molecule has 0 aliphatic heterocycles. The lowest BCUT2D eigenvalue weighted by Gasteiger charge is -2.31. The van der Waals surface area contributed by atoms with Crippen molar-refractivity contribution in [2.45, 2.75) is 11.8 Å². The number of Topliss-reactive ketones (excluding diaryl/α,β-unsaturated/α-hetero) is 1. The summed E-state index contributed by atoms with van der Waals surface area (Å²) >= 11 is 0. The highest BCUT2D eigenvalue weighted by Gasteiger charge is 2.45. The number of phenolic OH excluding ortho intramolecular Hbond substituents is 2. The zero-order chi connectivity index (χ0) is 16.7. The molecule has 1 aliphatic carbocycles. The van der Waals surface area contributed by atoms with Crippen LogP contribution in [0.3, 0.4) is 0 Å². The molecule has 3 heteroatoms. The van der Waals surface area contributed by atoms with E-state index in [1.165, 1.54) is 0 Å². The SMILES string of the molecule is O=C1CC(c2ccc(O)cc2)(c2ccc(O)cc2)c2ccccc21. The molecule has 4 rings (SSSR count). The van der Waals surface area contributed by atoms with E-state index in [-0.39, 0.29) is 17.3 Å². The summed E-state index contributed by atoms with van der Waals surface area (Å²) in [7, 11) is 0. The van der Waals surface area contributed by atoms with Crippen LogP contribution in [0.15, 0.2) is 72.8 Å². The number of aromatic hydroxyl groups is 2. The van der Waals surface area contributed by atoms with Crippen LogP contribution in [-0.2, 0) is 5.41 Å². The largest absolute Gasteiger partial charge is 0.508 e. The van der Waals surface area contributed by atoms with E-state index in [4.69, 9.17) is 0 Å². The fourth-order valence-corrected chi connectivity index (χ4v) is 3.70. The highest BCUT2D eigenvalue weighted by Crippen LogP contribution is 2.49. The fourth-order valence-electron chi connectivity index (χ4n) is 3.70. The molecule has 0 heterocycles. The summed E-state index contributed by atoms with van der Waals surface area (Å²) in [6.45, 7) is 0. The minimum atomic E-state index is -0.602. The Hall–Kier alpha value is -3.07. The second-order valence-electron chi connectivity index (χ2n) is 6.14. The Morgan fingerprint density at radius 3 is 1.75 bits per heavy atom. The summed E-state index contributed by atoms with van der Waals surface area (Å²) in [6, 6.07) is 21.7. The number of hydrogen-bond acceptors (Lipinski definition) is 3. The van der Waals surface area contributed by atoms with E-state index in [0.717, 1.165) is 22.3 Å². The third-order valence-corrected chi connectivity index (χ3v) is 4.83. The quantitative estimate of drug-likeness (QED) is 0.751. The predicted octanol–water partition coefficient (Wildman–Crippen LogP) is 4.02. The van der Waals surface area contributed by atoms with Crippen LogP contribution in [0.2, 0.25) is 0 Å². The molecule has 0 atom stereocenters. The maximum absolute atomic E-state index is 12.7. The van der Waals surface area contributed by atoms with Crippen LogP contribution in [0.5, 0.6) is 11.5 Å². The second kappa shape index (κ2) is 5.24. The number of carbonyl (C=O) groups is 1. The van der Waals surface area contributed by atoms with Crippen molar-refractivity contribution >= 4 is 5.78 Å². The van der Waals surface area contributed by atoms with Gasteiger partial charge in [-0.05, 0) is 41.0 Å². The summed E-state index contributed by atoms with van der Waals surface area (Å²) in [5.41, 5.74) is 2.99. The first-order chi connectivity index (χ1) is 11.6. The molecule has 0 amide bonds. The molecule has 3 aromatic carbocycles. The van der Waals surface area contributed by atoms with Gasteiger partial charge in [0.25, 0.3) is 0 Å². The number of carbonyl (C=O) groups excluding carboxylic acids is 1. The normalized spacial score (nSPS) is 15.2. The molecule has 0 unspecified atom stereocenters. The number of fused-ring (bicyclic) bond motifs is 1. The third kappa shape index (κ3) is 2.02. The summed E-state index contributed by atoms with van der Waals surface area (Å²) in [4.78, 5) is 12.7. The van der Waals surface area contributed by atoms with E-state index < -0.39 is 5.41 Å². The molecule has 2 N–H and O–H groups in total. The molecular formula is C21H16O3. The van der Waals surface area contributed by atoms with Gasteiger partial charge in [0.1, 0.15) is 11.5 Å². The fraction of sp³-hybridized carbons (Fsp3) is 0.0952. The Kier molecular flexibility index (Phi) is 3.17. The lowest BCUT2D eigenvalue weighted by Crippen LogP contribution is -2.26. The van der Waals surface area contributed by atoms with Crippen molar-refractivity contribution in [2.24, 2.45) is 0 Å². The first-order valence-corrected chi connectivity index (χ1v) is 7.83. The van der Waals surface area contributed by atoms with E-state index in [2.05, 4.69) is 0 Å². The van der Waals surface area contributed by atoms with Gasteiger partial charge >= 0.3 is 0 Å². The predicted molar refractivity (Wildman–Crippen MR) is 91.5 cm³/mol. The summed E-state index contributed by atoms with van der Waals surface area (Å²) < 4.78 is 0. The maximum Gasteiger partial charge on any atom is 0.164 e. The van der Waals surface area contributed by atoms with E-state index in [9.17, 15) is 15.0 Å². The highest BCUT2D eigenvalue weighted by molar-refractivity contribution is 6.03. The van der Waals surface area contributed by atoms with Crippen molar-refractivity contribution < 1.29 is 15.0 Å². The van der Waals surface area contributed by atoms with Crippen LogP contribution in [-0.4, -0.2) is 16.0 Å². The van der Waals surface area contributed by atoms with Gasteiger partial charge in [-0.3, -0.25) is 4.79 Å². The molecule has 118 valence electrons. The lowest BCUT2D eigenvalue weighted by molar-refractivity contribution is 0.0984. The van der Waals surface area contributed by atoms with Gasteiger partial charge in [-0.2, -0.15) is 0 Å². The van der Waals surface area contributed by atoms with Crippen LogP contribution in [0.25, 0.3) is 0 Å². The lowest BCUT2D eigenvalue weighted by atomic mass is 9.70. The van der Waals surface area contributed by atoms with Crippen molar-refractivity contribution in [3.05, 3.63) is 95.1 Å². The topological polar surface area (TPSA) is 57.5 Å². The van der Waals surface area contributed by atoms with Crippen LogP contribution in [0, 0.1) is 0 Å². The van der Waals surface area contributed by atoms with Crippen LogP contribution in [0.4, 0.5) is 0 Å². The number of ketones is 1. The maximum atomic E-state index is 12.7. The highest BCUT2D eigenvalue weighted by atomic mass is 16.3. The first kappa shape index (κ1) is 14.5. The van der Waals surface area contributed by atoms with Crippen molar-refractivity contribution in [3.63, 3.8) is 0 Å². The van der Waals surface area contributed by atoms with Gasteiger partial charge in [0.05, 0.1) is 5.41 Å². The molecule has 0 saturated heterocycles. The van der Waals surface area contributed by atoms with Gasteiger partial charge in [0.2, 0.25) is 0 Å². The Morgan fingerprint density at radius 1 is 0.708 bits per heavy atom. The number of benzene rings is 3. The number of phenols is 2.